The molecule has 2 fully saturated rings. The number of ether oxygens (including phenoxy) is 1. The van der Waals surface area contributed by atoms with Crippen molar-refractivity contribution in [3.63, 3.8) is 0 Å². The van der Waals surface area contributed by atoms with E-state index in [-0.39, 0.29) is 0 Å². The molecule has 3 N–H and O–H groups in total. The summed E-state index contributed by atoms with van der Waals surface area (Å²) in [6, 6.07) is 0. The van der Waals surface area contributed by atoms with Crippen molar-refractivity contribution in [2.45, 2.75) is 50.5 Å². The van der Waals surface area contributed by atoms with Crippen LogP contribution in [0.2, 0.25) is 0 Å². The maximum Gasteiger partial charge on any atom is 0.0880 e. The van der Waals surface area contributed by atoms with Gasteiger partial charge in [0.2, 0.25) is 0 Å². The third-order valence-corrected chi connectivity index (χ3v) is 4.36. The van der Waals surface area contributed by atoms with E-state index in [1.165, 1.54) is 19.3 Å². The summed E-state index contributed by atoms with van der Waals surface area (Å²) in [6.07, 6.45) is 7.93. The molecule has 94 valence electrons. The van der Waals surface area contributed by atoms with Gasteiger partial charge >= 0.3 is 0 Å². The van der Waals surface area contributed by atoms with Crippen LogP contribution in [-0.2, 0) is 4.74 Å². The zero-order valence-corrected chi connectivity index (χ0v) is 10.2. The highest BCUT2D eigenvalue weighted by atomic mass is 16.5. The molecule has 0 aromatic rings. The Kier molecular flexibility index (Phi) is 4.22. The number of aliphatic hydroxyl groups is 1. The standard InChI is InChI=1S/C13H25NO2/c14-8-11-4-3-5-12(11)9-16-10-13(15)6-1-2-7-13/h11-12,15H,1-10,14H2. The number of hydrogen-bond acceptors (Lipinski definition) is 3. The number of hydrogen-bond donors (Lipinski definition) is 2. The molecule has 0 heterocycles. The summed E-state index contributed by atoms with van der Waals surface area (Å²) in [4.78, 5) is 0. The van der Waals surface area contributed by atoms with Crippen LogP contribution in [0.1, 0.15) is 44.9 Å². The molecule has 2 unspecified atom stereocenters. The van der Waals surface area contributed by atoms with E-state index in [0.717, 1.165) is 38.8 Å². The lowest BCUT2D eigenvalue weighted by Crippen LogP contribution is -2.32. The van der Waals surface area contributed by atoms with Crippen molar-refractivity contribution in [2.75, 3.05) is 19.8 Å². The molecule has 0 radical (unpaired) electrons. The molecule has 0 bridgehead atoms. The largest absolute Gasteiger partial charge is 0.387 e. The van der Waals surface area contributed by atoms with E-state index in [1.807, 2.05) is 0 Å². The quantitative estimate of drug-likeness (QED) is 0.751. The van der Waals surface area contributed by atoms with Crippen molar-refractivity contribution in [2.24, 2.45) is 17.6 Å². The highest BCUT2D eigenvalue weighted by Crippen LogP contribution is 2.33. The van der Waals surface area contributed by atoms with E-state index in [0.29, 0.717) is 18.4 Å². The van der Waals surface area contributed by atoms with Crippen LogP contribution in [0.5, 0.6) is 0 Å². The van der Waals surface area contributed by atoms with Crippen LogP contribution < -0.4 is 5.73 Å². The van der Waals surface area contributed by atoms with Crippen molar-refractivity contribution in [3.05, 3.63) is 0 Å². The predicted molar refractivity (Wildman–Crippen MR) is 64.1 cm³/mol. The summed E-state index contributed by atoms with van der Waals surface area (Å²) in [5.74, 6) is 1.29. The minimum atomic E-state index is -0.517. The zero-order chi connectivity index (χ0) is 11.4. The molecule has 0 amide bonds. The first-order valence-electron chi connectivity index (χ1n) is 6.74. The molecule has 2 aliphatic rings. The van der Waals surface area contributed by atoms with Gasteiger partial charge < -0.3 is 15.6 Å². The average Bonchev–Trinajstić information content (AvgIpc) is 2.88. The Balaban J connectivity index is 1.67. The Morgan fingerprint density at radius 3 is 2.50 bits per heavy atom. The smallest absolute Gasteiger partial charge is 0.0880 e. The molecule has 2 saturated carbocycles. The lowest BCUT2D eigenvalue weighted by molar-refractivity contribution is -0.0518. The topological polar surface area (TPSA) is 55.5 Å². The van der Waals surface area contributed by atoms with E-state index in [1.54, 1.807) is 0 Å². The van der Waals surface area contributed by atoms with Gasteiger partial charge in [-0.2, -0.15) is 0 Å². The molecule has 0 spiro atoms. The van der Waals surface area contributed by atoms with Crippen molar-refractivity contribution in [1.29, 1.82) is 0 Å². The molecule has 0 aromatic heterocycles. The third kappa shape index (κ3) is 2.96. The van der Waals surface area contributed by atoms with Crippen LogP contribution in [0.3, 0.4) is 0 Å². The first-order chi connectivity index (χ1) is 7.73. The number of rotatable bonds is 5. The summed E-state index contributed by atoms with van der Waals surface area (Å²) >= 11 is 0. The molecule has 0 aliphatic heterocycles. The Morgan fingerprint density at radius 1 is 1.12 bits per heavy atom. The summed E-state index contributed by atoms with van der Waals surface area (Å²) < 4.78 is 5.73. The van der Waals surface area contributed by atoms with Crippen molar-refractivity contribution >= 4 is 0 Å². The summed E-state index contributed by atoms with van der Waals surface area (Å²) in [5.41, 5.74) is 5.22. The Labute approximate surface area is 98.4 Å². The SMILES string of the molecule is NCC1CCCC1COCC1(O)CCCC1. The fourth-order valence-corrected chi connectivity index (χ4v) is 3.22. The normalized spacial score (nSPS) is 33.4. The van der Waals surface area contributed by atoms with Gasteiger partial charge in [0.05, 0.1) is 12.2 Å². The van der Waals surface area contributed by atoms with E-state index in [2.05, 4.69) is 0 Å². The van der Waals surface area contributed by atoms with Crippen molar-refractivity contribution in [3.8, 4) is 0 Å². The molecule has 2 atom stereocenters. The Morgan fingerprint density at radius 2 is 1.81 bits per heavy atom. The van der Waals surface area contributed by atoms with Gasteiger partial charge in [-0.25, -0.2) is 0 Å². The van der Waals surface area contributed by atoms with Crippen LogP contribution in [0.25, 0.3) is 0 Å². The van der Waals surface area contributed by atoms with E-state index in [4.69, 9.17) is 10.5 Å². The van der Waals surface area contributed by atoms with Gasteiger partial charge in [0, 0.05) is 6.61 Å². The van der Waals surface area contributed by atoms with E-state index in [9.17, 15) is 5.11 Å². The Hall–Kier alpha value is -0.120. The van der Waals surface area contributed by atoms with Gasteiger partial charge in [-0.15, -0.1) is 0 Å². The fourth-order valence-electron chi connectivity index (χ4n) is 3.22. The zero-order valence-electron chi connectivity index (χ0n) is 10.2. The second-order valence-electron chi connectivity index (χ2n) is 5.63. The first-order valence-corrected chi connectivity index (χ1v) is 6.74. The van der Waals surface area contributed by atoms with Gasteiger partial charge in [-0.3, -0.25) is 0 Å². The molecular weight excluding hydrogens is 202 g/mol. The van der Waals surface area contributed by atoms with Crippen LogP contribution in [0.15, 0.2) is 0 Å². The lowest BCUT2D eigenvalue weighted by Gasteiger charge is -2.24. The predicted octanol–water partition coefficient (Wildman–Crippen LogP) is 1.68. The lowest BCUT2D eigenvalue weighted by atomic mass is 9.97. The summed E-state index contributed by atoms with van der Waals surface area (Å²) in [6.45, 7) is 2.11. The minimum Gasteiger partial charge on any atom is -0.387 e. The van der Waals surface area contributed by atoms with Gasteiger partial charge in [0.1, 0.15) is 0 Å². The highest BCUT2D eigenvalue weighted by molar-refractivity contribution is 4.84. The molecule has 2 rings (SSSR count). The summed E-state index contributed by atoms with van der Waals surface area (Å²) in [7, 11) is 0. The van der Waals surface area contributed by atoms with Crippen LogP contribution in [-0.4, -0.2) is 30.5 Å². The molecule has 3 heteroatoms. The molecule has 0 aromatic carbocycles. The monoisotopic (exact) mass is 227 g/mol. The van der Waals surface area contributed by atoms with E-state index < -0.39 is 5.60 Å². The molecule has 16 heavy (non-hydrogen) atoms. The molecular formula is C13H25NO2. The van der Waals surface area contributed by atoms with E-state index >= 15 is 0 Å². The van der Waals surface area contributed by atoms with Crippen LogP contribution in [0.4, 0.5) is 0 Å². The van der Waals surface area contributed by atoms with Gasteiger partial charge in [0.15, 0.2) is 0 Å². The highest BCUT2D eigenvalue weighted by Gasteiger charge is 2.32. The molecule has 3 nitrogen and oxygen atoms in total. The van der Waals surface area contributed by atoms with Gasteiger partial charge in [-0.05, 0) is 44.1 Å². The van der Waals surface area contributed by atoms with Crippen LogP contribution in [0, 0.1) is 11.8 Å². The molecule has 2 aliphatic carbocycles. The maximum absolute atomic E-state index is 10.1. The molecule has 0 saturated heterocycles. The third-order valence-electron chi connectivity index (χ3n) is 4.36. The van der Waals surface area contributed by atoms with Crippen molar-refractivity contribution < 1.29 is 9.84 Å². The minimum absolute atomic E-state index is 0.517. The second-order valence-corrected chi connectivity index (χ2v) is 5.63. The van der Waals surface area contributed by atoms with Crippen molar-refractivity contribution in [1.82, 2.24) is 0 Å². The fraction of sp³-hybridized carbons (Fsp3) is 1.00. The maximum atomic E-state index is 10.1. The average molecular weight is 227 g/mol. The van der Waals surface area contributed by atoms with Gasteiger partial charge in [0.25, 0.3) is 0 Å². The van der Waals surface area contributed by atoms with Crippen LogP contribution >= 0.6 is 0 Å². The Bertz CT molecular complexity index is 214. The first kappa shape index (κ1) is 12.3. The second kappa shape index (κ2) is 5.48. The number of nitrogens with two attached hydrogens (primary N) is 1. The summed E-state index contributed by atoms with van der Waals surface area (Å²) in [5, 5.41) is 10.1. The van der Waals surface area contributed by atoms with Gasteiger partial charge in [-0.1, -0.05) is 19.3 Å².